The normalized spacial score (nSPS) is 11.0. The zero-order valence-corrected chi connectivity index (χ0v) is 19.2. The van der Waals surface area contributed by atoms with Crippen LogP contribution in [0.3, 0.4) is 0 Å². The van der Waals surface area contributed by atoms with E-state index in [-0.39, 0.29) is 18.3 Å². The second-order valence-corrected chi connectivity index (χ2v) is 8.05. The fourth-order valence-corrected chi connectivity index (χ4v) is 4.09. The Morgan fingerprint density at radius 1 is 1.03 bits per heavy atom. The Labute approximate surface area is 191 Å². The van der Waals surface area contributed by atoms with Crippen molar-refractivity contribution in [3.8, 4) is 5.75 Å². The molecule has 0 atom stereocenters. The molecular weight excluding hydrogens is 434 g/mol. The summed E-state index contributed by atoms with van der Waals surface area (Å²) < 4.78 is 6.69. The number of ether oxygens (including phenoxy) is 1. The Kier molecular flexibility index (Phi) is 7.37. The van der Waals surface area contributed by atoms with Gasteiger partial charge in [0.1, 0.15) is 17.0 Å². The quantitative estimate of drug-likeness (QED) is 0.412. The monoisotopic (exact) mass is 457 g/mol. The third-order valence-corrected chi connectivity index (χ3v) is 5.63. The number of nitrogens with zero attached hydrogens (tertiary/aromatic N) is 5. The van der Waals surface area contributed by atoms with Gasteiger partial charge in [-0.05, 0) is 45.3 Å². The number of hydrogen-bond donors (Lipinski definition) is 0. The molecule has 0 aliphatic heterocycles. The maximum absolute atomic E-state index is 13.4. The van der Waals surface area contributed by atoms with Crippen LogP contribution in [0, 0.1) is 0 Å². The molecule has 1 amide bonds. The van der Waals surface area contributed by atoms with Crippen molar-refractivity contribution in [1.29, 1.82) is 0 Å². The number of benzene rings is 2. The van der Waals surface area contributed by atoms with Gasteiger partial charge in [0.25, 0.3) is 5.91 Å². The highest BCUT2D eigenvalue weighted by atomic mass is 35.5. The van der Waals surface area contributed by atoms with Crippen LogP contribution in [0.5, 0.6) is 5.75 Å². The van der Waals surface area contributed by atoms with E-state index in [1.165, 1.54) is 17.5 Å². The average molecular weight is 458 g/mol. The number of halogens is 1. The SMILES string of the molecule is CCOc1cccc2sc(N(CCN(C)C)C(=O)c3cnc4ccccc4n3)nc12.Cl. The molecule has 31 heavy (non-hydrogen) atoms. The molecule has 0 unspecified atom stereocenters. The highest BCUT2D eigenvalue weighted by molar-refractivity contribution is 7.22. The summed E-state index contributed by atoms with van der Waals surface area (Å²) >= 11 is 1.47. The topological polar surface area (TPSA) is 71.5 Å². The van der Waals surface area contributed by atoms with E-state index in [0.717, 1.165) is 21.5 Å². The third-order valence-electron chi connectivity index (χ3n) is 4.59. The van der Waals surface area contributed by atoms with E-state index in [4.69, 9.17) is 9.72 Å². The lowest BCUT2D eigenvalue weighted by atomic mass is 10.3. The van der Waals surface area contributed by atoms with Crippen LogP contribution in [-0.2, 0) is 0 Å². The first kappa shape index (κ1) is 22.9. The standard InChI is InChI=1S/C22H23N5O2S.ClH/c1-4-29-18-10-7-11-19-20(18)25-22(30-19)27(13-12-26(2)3)21(28)17-14-23-15-8-5-6-9-16(15)24-17;/h5-11,14H,4,12-13H2,1-3H3;1H. The molecule has 9 heteroatoms. The zero-order chi connectivity index (χ0) is 21.1. The molecule has 0 saturated carbocycles. The molecule has 0 aliphatic carbocycles. The van der Waals surface area contributed by atoms with Gasteiger partial charge in [-0.2, -0.15) is 0 Å². The number of para-hydroxylation sites is 3. The number of amides is 1. The summed E-state index contributed by atoms with van der Waals surface area (Å²) in [6.07, 6.45) is 1.53. The molecule has 2 aromatic heterocycles. The van der Waals surface area contributed by atoms with Crippen molar-refractivity contribution in [1.82, 2.24) is 19.9 Å². The minimum atomic E-state index is -0.216. The zero-order valence-electron chi connectivity index (χ0n) is 17.6. The van der Waals surface area contributed by atoms with Crippen molar-refractivity contribution < 1.29 is 9.53 Å². The summed E-state index contributed by atoms with van der Waals surface area (Å²) in [6.45, 7) is 3.68. The summed E-state index contributed by atoms with van der Waals surface area (Å²) in [5.41, 5.74) is 2.53. The minimum absolute atomic E-state index is 0. The molecule has 2 aromatic carbocycles. The van der Waals surface area contributed by atoms with E-state index in [9.17, 15) is 4.79 Å². The average Bonchev–Trinajstić information content (AvgIpc) is 3.18. The number of aromatic nitrogens is 3. The van der Waals surface area contributed by atoms with Gasteiger partial charge < -0.3 is 9.64 Å². The van der Waals surface area contributed by atoms with Crippen LogP contribution in [-0.4, -0.2) is 59.6 Å². The Hall–Kier alpha value is -2.81. The number of thiazole rings is 1. The Bertz CT molecular complexity index is 1200. The first-order valence-electron chi connectivity index (χ1n) is 9.77. The summed E-state index contributed by atoms with van der Waals surface area (Å²) in [4.78, 5) is 30.8. The molecular formula is C22H24ClN5O2S. The predicted molar refractivity (Wildman–Crippen MR) is 128 cm³/mol. The molecule has 0 saturated heterocycles. The van der Waals surface area contributed by atoms with Crippen molar-refractivity contribution in [2.75, 3.05) is 38.7 Å². The first-order chi connectivity index (χ1) is 14.6. The first-order valence-corrected chi connectivity index (χ1v) is 10.6. The van der Waals surface area contributed by atoms with Gasteiger partial charge >= 0.3 is 0 Å². The summed E-state index contributed by atoms with van der Waals surface area (Å²) in [6, 6.07) is 13.4. The number of carbonyl (C=O) groups excluding carboxylic acids is 1. The van der Waals surface area contributed by atoms with Gasteiger partial charge in [0.2, 0.25) is 0 Å². The Balaban J connectivity index is 0.00000272. The van der Waals surface area contributed by atoms with E-state index < -0.39 is 0 Å². The fourth-order valence-electron chi connectivity index (χ4n) is 3.08. The highest BCUT2D eigenvalue weighted by Gasteiger charge is 2.24. The lowest BCUT2D eigenvalue weighted by molar-refractivity contribution is 0.0980. The third kappa shape index (κ3) is 4.92. The molecule has 0 bridgehead atoms. The van der Waals surface area contributed by atoms with E-state index in [2.05, 4.69) is 9.97 Å². The number of hydrogen-bond acceptors (Lipinski definition) is 7. The van der Waals surface area contributed by atoms with Gasteiger partial charge in [-0.1, -0.05) is 29.5 Å². The lowest BCUT2D eigenvalue weighted by Gasteiger charge is -2.21. The smallest absolute Gasteiger partial charge is 0.280 e. The molecule has 2 heterocycles. The van der Waals surface area contributed by atoms with Gasteiger partial charge in [-0.15, -0.1) is 12.4 Å². The van der Waals surface area contributed by atoms with Crippen molar-refractivity contribution >= 4 is 56.0 Å². The van der Waals surface area contributed by atoms with Crippen LogP contribution in [0.4, 0.5) is 5.13 Å². The van der Waals surface area contributed by atoms with Crippen molar-refractivity contribution in [3.05, 3.63) is 54.4 Å². The van der Waals surface area contributed by atoms with Crippen LogP contribution in [0.2, 0.25) is 0 Å². The van der Waals surface area contributed by atoms with Crippen LogP contribution in [0.15, 0.2) is 48.7 Å². The van der Waals surface area contributed by atoms with E-state index in [1.807, 2.05) is 68.4 Å². The van der Waals surface area contributed by atoms with Gasteiger partial charge in [-0.3, -0.25) is 14.7 Å². The summed E-state index contributed by atoms with van der Waals surface area (Å²) in [7, 11) is 3.95. The molecule has 0 radical (unpaired) electrons. The molecule has 0 N–H and O–H groups in total. The second-order valence-electron chi connectivity index (χ2n) is 7.04. The maximum Gasteiger partial charge on any atom is 0.280 e. The molecule has 162 valence electrons. The van der Waals surface area contributed by atoms with Crippen LogP contribution < -0.4 is 9.64 Å². The number of likely N-dealkylation sites (N-methyl/N-ethyl adjacent to an activating group) is 1. The molecule has 4 rings (SSSR count). The largest absolute Gasteiger partial charge is 0.492 e. The Morgan fingerprint density at radius 3 is 2.55 bits per heavy atom. The number of fused-ring (bicyclic) bond motifs is 2. The lowest BCUT2D eigenvalue weighted by Crippen LogP contribution is -2.37. The van der Waals surface area contributed by atoms with Gasteiger partial charge in [0, 0.05) is 13.1 Å². The number of carbonyl (C=O) groups is 1. The van der Waals surface area contributed by atoms with E-state index in [0.29, 0.717) is 36.0 Å². The molecule has 7 nitrogen and oxygen atoms in total. The van der Waals surface area contributed by atoms with E-state index >= 15 is 0 Å². The molecule has 0 spiro atoms. The van der Waals surface area contributed by atoms with Crippen LogP contribution in [0.25, 0.3) is 21.3 Å². The van der Waals surface area contributed by atoms with Gasteiger partial charge in [0.15, 0.2) is 5.13 Å². The van der Waals surface area contributed by atoms with Crippen LogP contribution in [0.1, 0.15) is 17.4 Å². The fraction of sp³-hybridized carbons (Fsp3) is 0.273. The van der Waals surface area contributed by atoms with Crippen molar-refractivity contribution in [3.63, 3.8) is 0 Å². The second kappa shape index (κ2) is 10.00. The molecule has 0 fully saturated rings. The van der Waals surface area contributed by atoms with E-state index in [1.54, 1.807) is 4.90 Å². The summed E-state index contributed by atoms with van der Waals surface area (Å²) in [5, 5.41) is 0.624. The molecule has 0 aliphatic rings. The van der Waals surface area contributed by atoms with Gasteiger partial charge in [0.05, 0.1) is 28.5 Å². The minimum Gasteiger partial charge on any atom is -0.492 e. The molecule has 4 aromatic rings. The predicted octanol–water partition coefficient (Wildman–Crippen LogP) is 4.27. The number of anilines is 1. The van der Waals surface area contributed by atoms with Crippen molar-refractivity contribution in [2.24, 2.45) is 0 Å². The number of rotatable bonds is 7. The highest BCUT2D eigenvalue weighted by Crippen LogP contribution is 2.34. The maximum atomic E-state index is 13.4. The Morgan fingerprint density at radius 2 is 1.81 bits per heavy atom. The van der Waals surface area contributed by atoms with Crippen molar-refractivity contribution in [2.45, 2.75) is 6.92 Å². The van der Waals surface area contributed by atoms with Crippen LogP contribution >= 0.6 is 23.7 Å². The van der Waals surface area contributed by atoms with Gasteiger partial charge in [-0.25, -0.2) is 9.97 Å². The summed E-state index contributed by atoms with van der Waals surface area (Å²) in [5.74, 6) is 0.509.